The molecular weight excluding hydrogens is 292 g/mol. The maximum Gasteiger partial charge on any atom is 0.276 e. The summed E-state index contributed by atoms with van der Waals surface area (Å²) in [5.74, 6) is -0.242. The van der Waals surface area contributed by atoms with E-state index in [1.807, 2.05) is 4.90 Å². The number of carbonyl (C=O) groups is 2. The molecule has 1 saturated heterocycles. The third-order valence-electron chi connectivity index (χ3n) is 4.39. The normalized spacial score (nSPS) is 20.4. The molecule has 2 amide bonds. The number of carbonyl (C=O) groups excluding carboxylic acids is 2. The Morgan fingerprint density at radius 2 is 2.05 bits per heavy atom. The van der Waals surface area contributed by atoms with Crippen molar-refractivity contribution >= 4 is 23.4 Å². The monoisotopic (exact) mass is 310 g/mol. The van der Waals surface area contributed by atoms with Crippen molar-refractivity contribution in [3.8, 4) is 0 Å². The standard InChI is InChI=1S/C14H19ClN4O2/c1-9-12(15)13(17-16-9)14(21)18-6-7-19(11(20)8-18)10-4-2-3-5-10/h10H,2-8H2,1H3,(H,16,17). The predicted octanol–water partition coefficient (Wildman–Crippen LogP) is 1.60. The zero-order chi connectivity index (χ0) is 15.0. The molecule has 1 N–H and O–H groups in total. The van der Waals surface area contributed by atoms with E-state index < -0.39 is 0 Å². The molecule has 21 heavy (non-hydrogen) atoms. The van der Waals surface area contributed by atoms with Crippen molar-refractivity contribution in [1.29, 1.82) is 0 Å². The molecule has 0 bridgehead atoms. The second kappa shape index (κ2) is 5.67. The summed E-state index contributed by atoms with van der Waals surface area (Å²) in [6, 6.07) is 0.367. The predicted molar refractivity (Wildman–Crippen MR) is 78.2 cm³/mol. The summed E-state index contributed by atoms with van der Waals surface area (Å²) in [4.78, 5) is 28.2. The summed E-state index contributed by atoms with van der Waals surface area (Å²) >= 11 is 6.05. The minimum atomic E-state index is -0.274. The quantitative estimate of drug-likeness (QED) is 0.902. The number of nitrogens with zero attached hydrogens (tertiary/aromatic N) is 3. The van der Waals surface area contributed by atoms with Crippen molar-refractivity contribution in [1.82, 2.24) is 20.0 Å². The van der Waals surface area contributed by atoms with Crippen molar-refractivity contribution in [2.45, 2.75) is 38.6 Å². The first-order valence-corrected chi connectivity index (χ1v) is 7.75. The number of hydrogen-bond acceptors (Lipinski definition) is 3. The molecule has 0 atom stereocenters. The molecule has 1 aliphatic carbocycles. The summed E-state index contributed by atoms with van der Waals surface area (Å²) in [5.41, 5.74) is 0.868. The van der Waals surface area contributed by atoms with Crippen LogP contribution in [0.4, 0.5) is 0 Å². The number of H-pyrrole nitrogens is 1. The van der Waals surface area contributed by atoms with Crippen LogP contribution in [0.15, 0.2) is 0 Å². The minimum absolute atomic E-state index is 0.0323. The lowest BCUT2D eigenvalue weighted by molar-refractivity contribution is -0.137. The summed E-state index contributed by atoms with van der Waals surface area (Å²) in [6.07, 6.45) is 4.56. The third-order valence-corrected chi connectivity index (χ3v) is 4.85. The molecule has 0 radical (unpaired) electrons. The second-order valence-electron chi connectivity index (χ2n) is 5.76. The van der Waals surface area contributed by atoms with Gasteiger partial charge in [-0.2, -0.15) is 5.10 Å². The van der Waals surface area contributed by atoms with Crippen molar-refractivity contribution in [3.05, 3.63) is 16.4 Å². The van der Waals surface area contributed by atoms with E-state index in [-0.39, 0.29) is 24.1 Å². The van der Waals surface area contributed by atoms with Crippen molar-refractivity contribution in [2.75, 3.05) is 19.6 Å². The number of aromatic amines is 1. The van der Waals surface area contributed by atoms with Crippen LogP contribution in [0.1, 0.15) is 41.9 Å². The Morgan fingerprint density at radius 1 is 1.33 bits per heavy atom. The van der Waals surface area contributed by atoms with E-state index in [0.717, 1.165) is 12.8 Å². The van der Waals surface area contributed by atoms with E-state index in [4.69, 9.17) is 11.6 Å². The largest absolute Gasteiger partial charge is 0.336 e. The fraction of sp³-hybridized carbons (Fsp3) is 0.643. The average molecular weight is 311 g/mol. The average Bonchev–Trinajstić information content (AvgIpc) is 3.10. The molecule has 2 aliphatic rings. The molecule has 1 aliphatic heterocycles. The van der Waals surface area contributed by atoms with Crippen molar-refractivity contribution in [3.63, 3.8) is 0 Å². The summed E-state index contributed by atoms with van der Waals surface area (Å²) in [6.45, 7) is 3.03. The van der Waals surface area contributed by atoms with Gasteiger partial charge in [-0.15, -0.1) is 0 Å². The van der Waals surface area contributed by atoms with Crippen LogP contribution in [0.25, 0.3) is 0 Å². The van der Waals surface area contributed by atoms with Gasteiger partial charge in [-0.3, -0.25) is 14.7 Å². The molecule has 2 heterocycles. The number of hydrogen-bond donors (Lipinski definition) is 1. The van der Waals surface area contributed by atoms with Crippen LogP contribution < -0.4 is 0 Å². The first kappa shape index (κ1) is 14.4. The number of nitrogens with one attached hydrogen (secondary N) is 1. The highest BCUT2D eigenvalue weighted by molar-refractivity contribution is 6.34. The molecule has 3 rings (SSSR count). The van der Waals surface area contributed by atoms with Gasteiger partial charge in [0.1, 0.15) is 6.54 Å². The lowest BCUT2D eigenvalue weighted by Gasteiger charge is -2.37. The Morgan fingerprint density at radius 3 is 2.62 bits per heavy atom. The Hall–Kier alpha value is -1.56. The van der Waals surface area contributed by atoms with Crippen LogP contribution in [-0.4, -0.2) is 57.5 Å². The van der Waals surface area contributed by atoms with Gasteiger partial charge in [0, 0.05) is 19.1 Å². The highest BCUT2D eigenvalue weighted by atomic mass is 35.5. The molecular formula is C14H19ClN4O2. The van der Waals surface area contributed by atoms with E-state index in [0.29, 0.717) is 29.8 Å². The molecule has 114 valence electrons. The Balaban J connectivity index is 1.68. The van der Waals surface area contributed by atoms with Gasteiger partial charge < -0.3 is 9.80 Å². The molecule has 0 spiro atoms. The Kier molecular flexibility index (Phi) is 3.89. The molecule has 2 fully saturated rings. The lowest BCUT2D eigenvalue weighted by atomic mass is 10.1. The van der Waals surface area contributed by atoms with Crippen LogP contribution >= 0.6 is 11.6 Å². The summed E-state index contributed by atoms with van der Waals surface area (Å²) in [7, 11) is 0. The number of amides is 2. The highest BCUT2D eigenvalue weighted by Gasteiger charge is 2.34. The van der Waals surface area contributed by atoms with Gasteiger partial charge in [0.05, 0.1) is 10.7 Å². The molecule has 0 aromatic carbocycles. The number of aromatic nitrogens is 2. The topological polar surface area (TPSA) is 69.3 Å². The molecule has 1 aromatic heterocycles. The molecule has 6 nitrogen and oxygen atoms in total. The molecule has 1 aromatic rings. The van der Waals surface area contributed by atoms with E-state index >= 15 is 0 Å². The highest BCUT2D eigenvalue weighted by Crippen LogP contribution is 2.25. The maximum absolute atomic E-state index is 12.4. The van der Waals surface area contributed by atoms with E-state index in [1.54, 1.807) is 6.92 Å². The van der Waals surface area contributed by atoms with Gasteiger partial charge in [-0.05, 0) is 19.8 Å². The van der Waals surface area contributed by atoms with E-state index in [1.165, 1.54) is 17.7 Å². The first-order valence-electron chi connectivity index (χ1n) is 7.37. The van der Waals surface area contributed by atoms with Crippen LogP contribution in [0.3, 0.4) is 0 Å². The van der Waals surface area contributed by atoms with Crippen LogP contribution in [0.5, 0.6) is 0 Å². The lowest BCUT2D eigenvalue weighted by Crippen LogP contribution is -2.55. The maximum atomic E-state index is 12.4. The van der Waals surface area contributed by atoms with Gasteiger partial charge >= 0.3 is 0 Å². The van der Waals surface area contributed by atoms with Crippen LogP contribution in [0.2, 0.25) is 5.02 Å². The second-order valence-corrected chi connectivity index (χ2v) is 6.14. The summed E-state index contributed by atoms with van der Waals surface area (Å²) < 4.78 is 0. The van der Waals surface area contributed by atoms with Gasteiger partial charge in [-0.1, -0.05) is 24.4 Å². The number of halogens is 1. The molecule has 1 saturated carbocycles. The van der Waals surface area contributed by atoms with Gasteiger partial charge in [0.15, 0.2) is 5.69 Å². The Bertz CT molecular complexity index is 565. The third kappa shape index (κ3) is 2.64. The van der Waals surface area contributed by atoms with Gasteiger partial charge in [0.25, 0.3) is 5.91 Å². The number of aryl methyl sites for hydroxylation is 1. The fourth-order valence-corrected chi connectivity index (χ4v) is 3.33. The Labute approximate surface area is 128 Å². The smallest absolute Gasteiger partial charge is 0.276 e. The number of rotatable bonds is 2. The minimum Gasteiger partial charge on any atom is -0.336 e. The SMILES string of the molecule is Cc1[nH]nc(C(=O)N2CCN(C3CCCC3)C(=O)C2)c1Cl. The van der Waals surface area contributed by atoms with E-state index in [9.17, 15) is 9.59 Å². The molecule has 7 heteroatoms. The zero-order valence-corrected chi connectivity index (χ0v) is 12.8. The zero-order valence-electron chi connectivity index (χ0n) is 12.1. The van der Waals surface area contributed by atoms with E-state index in [2.05, 4.69) is 10.2 Å². The van der Waals surface area contributed by atoms with Crippen molar-refractivity contribution < 1.29 is 9.59 Å². The van der Waals surface area contributed by atoms with Gasteiger partial charge in [0.2, 0.25) is 5.91 Å². The first-order chi connectivity index (χ1) is 10.1. The van der Waals surface area contributed by atoms with Crippen LogP contribution in [0, 0.1) is 6.92 Å². The van der Waals surface area contributed by atoms with Crippen LogP contribution in [-0.2, 0) is 4.79 Å². The van der Waals surface area contributed by atoms with Crippen molar-refractivity contribution in [2.24, 2.45) is 0 Å². The molecule has 0 unspecified atom stereocenters. The summed E-state index contributed by atoms with van der Waals surface area (Å²) in [5, 5.41) is 6.97. The van der Waals surface area contributed by atoms with Gasteiger partial charge in [-0.25, -0.2) is 0 Å². The number of piperazine rings is 1. The fourth-order valence-electron chi connectivity index (χ4n) is 3.17.